The van der Waals surface area contributed by atoms with Gasteiger partial charge >= 0.3 is 6.03 Å². The number of hydrogen-bond donors (Lipinski definition) is 2. The average Bonchev–Trinajstić information content (AvgIpc) is 3.00. The highest BCUT2D eigenvalue weighted by molar-refractivity contribution is 9.10. The molecule has 0 aromatic heterocycles. The molecule has 0 spiro atoms. The molecule has 0 atom stereocenters. The summed E-state index contributed by atoms with van der Waals surface area (Å²) in [6.45, 7) is 4.17. The molecule has 3 aromatic carbocycles. The number of carbonyl (C=O) groups is 4. The smallest absolute Gasteiger partial charge is 0.335 e. The zero-order valence-electron chi connectivity index (χ0n) is 24.4. The number of barbiturate groups is 1. The van der Waals surface area contributed by atoms with E-state index in [9.17, 15) is 19.2 Å². The molecule has 1 saturated heterocycles. The summed E-state index contributed by atoms with van der Waals surface area (Å²) in [4.78, 5) is 52.4. The molecule has 0 radical (unpaired) electrons. The van der Waals surface area contributed by atoms with E-state index in [-0.39, 0.29) is 34.4 Å². The second kappa shape index (κ2) is 15.2. The van der Waals surface area contributed by atoms with Crippen LogP contribution in [-0.2, 0) is 14.4 Å². The van der Waals surface area contributed by atoms with E-state index in [4.69, 9.17) is 42.1 Å². The number of imide groups is 2. The summed E-state index contributed by atoms with van der Waals surface area (Å²) < 4.78 is 22.9. The molecular formula is C31H28BrCl2N3O8. The predicted molar refractivity (Wildman–Crippen MR) is 174 cm³/mol. The summed E-state index contributed by atoms with van der Waals surface area (Å²) in [6.07, 6.45) is 2.09. The molecule has 1 heterocycles. The van der Waals surface area contributed by atoms with Crippen LogP contribution in [0.4, 0.5) is 16.2 Å². The van der Waals surface area contributed by atoms with Gasteiger partial charge in [0.15, 0.2) is 29.6 Å². The van der Waals surface area contributed by atoms with Gasteiger partial charge in [-0.3, -0.25) is 19.7 Å². The number of nitrogens with one attached hydrogen (secondary N) is 2. The number of nitrogens with zero attached hydrogens (tertiary/aromatic N) is 1. The molecular weight excluding hydrogens is 693 g/mol. The van der Waals surface area contributed by atoms with E-state index < -0.39 is 23.8 Å². The number of carbonyl (C=O) groups excluding carboxylic acids is 4. The molecule has 5 amide bonds. The Bertz CT molecular complexity index is 1680. The van der Waals surface area contributed by atoms with Crippen LogP contribution >= 0.6 is 39.1 Å². The molecule has 3 aromatic rings. The normalized spacial score (nSPS) is 13.9. The lowest BCUT2D eigenvalue weighted by Gasteiger charge is -2.27. The third kappa shape index (κ3) is 8.07. The summed E-state index contributed by atoms with van der Waals surface area (Å²) >= 11 is 15.3. The first kappa shape index (κ1) is 33.6. The lowest BCUT2D eigenvalue weighted by molar-refractivity contribution is -0.122. The maximum Gasteiger partial charge on any atom is 0.335 e. The molecule has 0 unspecified atom stereocenters. The minimum Gasteiger partial charge on any atom is -0.493 e. The van der Waals surface area contributed by atoms with Gasteiger partial charge in [0.2, 0.25) is 0 Å². The zero-order chi connectivity index (χ0) is 32.7. The van der Waals surface area contributed by atoms with Crippen molar-refractivity contribution in [2.24, 2.45) is 0 Å². The van der Waals surface area contributed by atoms with Gasteiger partial charge in [-0.1, -0.05) is 30.1 Å². The molecule has 1 aliphatic rings. The van der Waals surface area contributed by atoms with Gasteiger partial charge in [-0.2, -0.15) is 0 Å². The molecule has 1 aliphatic heterocycles. The first-order valence-corrected chi connectivity index (χ1v) is 15.2. The number of ether oxygens (including phenoxy) is 4. The Morgan fingerprint density at radius 1 is 0.956 bits per heavy atom. The van der Waals surface area contributed by atoms with Crippen molar-refractivity contribution < 1.29 is 38.1 Å². The van der Waals surface area contributed by atoms with Gasteiger partial charge in [0.1, 0.15) is 5.57 Å². The van der Waals surface area contributed by atoms with Crippen LogP contribution in [0.2, 0.25) is 10.0 Å². The Morgan fingerprint density at radius 2 is 1.73 bits per heavy atom. The topological polar surface area (TPSA) is 132 Å². The molecule has 236 valence electrons. The molecule has 0 aliphatic carbocycles. The third-order valence-corrected chi connectivity index (χ3v) is 7.49. The monoisotopic (exact) mass is 719 g/mol. The van der Waals surface area contributed by atoms with Gasteiger partial charge in [-0.15, -0.1) is 0 Å². The van der Waals surface area contributed by atoms with Crippen molar-refractivity contribution in [2.75, 3.05) is 37.1 Å². The van der Waals surface area contributed by atoms with E-state index in [2.05, 4.69) is 26.6 Å². The minimum absolute atomic E-state index is 0.185. The van der Waals surface area contributed by atoms with Crippen LogP contribution in [0.25, 0.3) is 6.08 Å². The number of benzene rings is 3. The van der Waals surface area contributed by atoms with Crippen LogP contribution in [0.1, 0.15) is 25.8 Å². The lowest BCUT2D eigenvalue weighted by atomic mass is 10.1. The lowest BCUT2D eigenvalue weighted by Crippen LogP contribution is -2.54. The Morgan fingerprint density at radius 3 is 2.42 bits per heavy atom. The summed E-state index contributed by atoms with van der Waals surface area (Å²) in [5.74, 6) is -0.966. The Labute approximate surface area is 277 Å². The quantitative estimate of drug-likeness (QED) is 0.157. The number of halogens is 3. The molecule has 0 saturated carbocycles. The first-order valence-electron chi connectivity index (χ1n) is 13.6. The van der Waals surface area contributed by atoms with Crippen molar-refractivity contribution in [1.82, 2.24) is 5.32 Å². The first-order chi connectivity index (χ1) is 21.6. The van der Waals surface area contributed by atoms with E-state index in [1.165, 1.54) is 37.5 Å². The van der Waals surface area contributed by atoms with Gasteiger partial charge in [-0.25, -0.2) is 9.69 Å². The average molecular weight is 721 g/mol. The Kier molecular flexibility index (Phi) is 11.3. The van der Waals surface area contributed by atoms with Crippen molar-refractivity contribution in [2.45, 2.75) is 20.3 Å². The van der Waals surface area contributed by atoms with E-state index in [1.54, 1.807) is 31.2 Å². The number of anilines is 2. The molecule has 14 heteroatoms. The summed E-state index contributed by atoms with van der Waals surface area (Å²) in [7, 11) is 1.39. The Balaban J connectivity index is 1.56. The van der Waals surface area contributed by atoms with Crippen LogP contribution < -0.4 is 34.5 Å². The molecule has 1 fully saturated rings. The summed E-state index contributed by atoms with van der Waals surface area (Å²) in [6, 6.07) is 11.5. The van der Waals surface area contributed by atoms with Gasteiger partial charge in [0.25, 0.3) is 17.7 Å². The number of urea groups is 1. The van der Waals surface area contributed by atoms with Crippen LogP contribution in [0.3, 0.4) is 0 Å². The van der Waals surface area contributed by atoms with Gasteiger partial charge in [0.05, 0.1) is 40.5 Å². The van der Waals surface area contributed by atoms with Crippen molar-refractivity contribution in [3.63, 3.8) is 0 Å². The van der Waals surface area contributed by atoms with E-state index in [0.29, 0.717) is 45.5 Å². The fraction of sp³-hybridized carbons (Fsp3) is 0.226. The molecule has 11 nitrogen and oxygen atoms in total. The number of hydrogen-bond acceptors (Lipinski definition) is 8. The van der Waals surface area contributed by atoms with Crippen LogP contribution in [0.5, 0.6) is 23.0 Å². The highest BCUT2D eigenvalue weighted by Crippen LogP contribution is 2.38. The highest BCUT2D eigenvalue weighted by atomic mass is 79.9. The van der Waals surface area contributed by atoms with Gasteiger partial charge < -0.3 is 24.3 Å². The van der Waals surface area contributed by atoms with Crippen molar-refractivity contribution in [3.8, 4) is 23.0 Å². The van der Waals surface area contributed by atoms with Crippen LogP contribution in [0.15, 0.2) is 58.6 Å². The molecule has 4 rings (SSSR count). The molecule has 45 heavy (non-hydrogen) atoms. The third-order valence-electron chi connectivity index (χ3n) is 6.16. The predicted octanol–water partition coefficient (Wildman–Crippen LogP) is 6.64. The summed E-state index contributed by atoms with van der Waals surface area (Å²) in [5.41, 5.74) is 0.689. The largest absolute Gasteiger partial charge is 0.493 e. The Hall–Kier alpha value is -4.26. The van der Waals surface area contributed by atoms with E-state index in [0.717, 1.165) is 11.3 Å². The van der Waals surface area contributed by atoms with Crippen molar-refractivity contribution >= 4 is 80.3 Å². The molecule has 0 bridgehead atoms. The number of rotatable bonds is 12. The summed E-state index contributed by atoms with van der Waals surface area (Å²) in [5, 5.41) is 5.49. The van der Waals surface area contributed by atoms with Gasteiger partial charge in [-0.05, 0) is 83.4 Å². The second-order valence-electron chi connectivity index (χ2n) is 9.37. The molecule has 2 N–H and O–H groups in total. The number of methoxy groups -OCH3 is 1. The standard InChI is InChI=1S/C31H28BrCl2N3O8/c1-4-10-44-24-9-7-19(15-25(24)43-5-2)37-30(40)20(29(39)36-31(37)41)11-17-12-21(32)28(26(13-17)42-3)45-16-27(38)35-18-6-8-22(33)23(34)14-18/h6-9,11-15H,4-5,10,16H2,1-3H3,(H,35,38)(H,36,39,41)/b20-11+. The van der Waals surface area contributed by atoms with E-state index >= 15 is 0 Å². The SMILES string of the molecule is CCCOc1ccc(N2C(=O)NC(=O)/C(=C\c3cc(Br)c(OCC(=O)Nc4ccc(Cl)c(Cl)c4)c(OC)c3)C2=O)cc1OCC. The van der Waals surface area contributed by atoms with Crippen molar-refractivity contribution in [1.29, 1.82) is 0 Å². The highest BCUT2D eigenvalue weighted by Gasteiger charge is 2.37. The zero-order valence-corrected chi connectivity index (χ0v) is 27.5. The second-order valence-corrected chi connectivity index (χ2v) is 11.0. The van der Waals surface area contributed by atoms with Gasteiger partial charge in [0, 0.05) is 11.8 Å². The fourth-order valence-electron chi connectivity index (χ4n) is 4.17. The van der Waals surface area contributed by atoms with E-state index in [1.807, 2.05) is 6.92 Å². The van der Waals surface area contributed by atoms with Crippen LogP contribution in [-0.4, -0.2) is 50.7 Å². The van der Waals surface area contributed by atoms with Crippen LogP contribution in [0, 0.1) is 0 Å². The van der Waals surface area contributed by atoms with Crippen molar-refractivity contribution in [3.05, 3.63) is 74.2 Å². The minimum atomic E-state index is -0.909. The maximum absolute atomic E-state index is 13.5. The number of amides is 5. The fourth-order valence-corrected chi connectivity index (χ4v) is 5.04. The maximum atomic E-state index is 13.5.